The highest BCUT2D eigenvalue weighted by Crippen LogP contribution is 2.33. The Balaban J connectivity index is 1.50. The molecule has 0 atom stereocenters. The van der Waals surface area contributed by atoms with E-state index in [-0.39, 0.29) is 0 Å². The van der Waals surface area contributed by atoms with E-state index in [1.165, 1.54) is 116 Å². The Morgan fingerprint density at radius 3 is 1.05 bits per heavy atom. The molecule has 42 heavy (non-hydrogen) atoms. The molecular formula is C36H58N4O2. The van der Waals surface area contributed by atoms with E-state index in [4.69, 9.17) is 30.9 Å². The summed E-state index contributed by atoms with van der Waals surface area (Å²) >= 11 is 0. The average Bonchev–Trinajstić information content (AvgIpc) is 2.98. The van der Waals surface area contributed by atoms with Crippen LogP contribution in [-0.4, -0.2) is 23.2 Å². The molecule has 0 bridgehead atoms. The highest BCUT2D eigenvalue weighted by molar-refractivity contribution is 5.92. The summed E-state index contributed by atoms with van der Waals surface area (Å²) in [6, 6.07) is 7.52. The number of hydrogen-bond donors (Lipinski definition) is 2. The minimum absolute atomic E-state index is 0.519. The van der Waals surface area contributed by atoms with Crippen molar-refractivity contribution in [3.05, 3.63) is 24.3 Å². The van der Waals surface area contributed by atoms with E-state index in [0.717, 1.165) is 46.4 Å². The van der Waals surface area contributed by atoms with Crippen molar-refractivity contribution in [2.45, 2.75) is 142 Å². The van der Waals surface area contributed by atoms with Gasteiger partial charge in [0.05, 0.1) is 46.7 Å². The number of fused-ring (bicyclic) bond motifs is 2. The van der Waals surface area contributed by atoms with Gasteiger partial charge in [-0.05, 0) is 25.0 Å². The van der Waals surface area contributed by atoms with Crippen LogP contribution in [0.4, 0.5) is 11.4 Å². The minimum Gasteiger partial charge on any atom is -0.490 e. The summed E-state index contributed by atoms with van der Waals surface area (Å²) in [4.78, 5) is 9.63. The number of nitrogen functional groups attached to an aromatic ring is 2. The van der Waals surface area contributed by atoms with Crippen LogP contribution in [0.2, 0.25) is 0 Å². The highest BCUT2D eigenvalue weighted by Gasteiger charge is 2.12. The van der Waals surface area contributed by atoms with Crippen LogP contribution in [0.1, 0.15) is 142 Å². The molecule has 3 aromatic rings. The molecule has 0 saturated carbocycles. The van der Waals surface area contributed by atoms with Crippen LogP contribution in [0.15, 0.2) is 24.3 Å². The lowest BCUT2D eigenvalue weighted by Gasteiger charge is -2.14. The summed E-state index contributed by atoms with van der Waals surface area (Å²) in [6.07, 6.45) is 26.1. The fraction of sp³-hybridized carbons (Fsp3) is 0.667. The van der Waals surface area contributed by atoms with E-state index < -0.39 is 0 Å². The van der Waals surface area contributed by atoms with Crippen LogP contribution in [0, 0.1) is 0 Å². The molecule has 0 saturated heterocycles. The molecule has 0 spiro atoms. The zero-order valence-corrected chi connectivity index (χ0v) is 26.7. The van der Waals surface area contributed by atoms with Crippen molar-refractivity contribution in [1.29, 1.82) is 0 Å². The summed E-state index contributed by atoms with van der Waals surface area (Å²) in [5.74, 6) is 1.50. The monoisotopic (exact) mass is 578 g/mol. The third-order valence-electron chi connectivity index (χ3n) is 8.21. The molecular weight excluding hydrogens is 520 g/mol. The lowest BCUT2D eigenvalue weighted by Crippen LogP contribution is -2.04. The SMILES string of the molecule is CCCCCCCCCCCCOc1cc2nc3cc(N)c(N)cc3nc2cc1OCCCCCCCCCCCC. The number of anilines is 2. The van der Waals surface area contributed by atoms with E-state index in [2.05, 4.69) is 13.8 Å². The van der Waals surface area contributed by atoms with E-state index in [9.17, 15) is 0 Å². The highest BCUT2D eigenvalue weighted by atomic mass is 16.5. The van der Waals surface area contributed by atoms with Gasteiger partial charge < -0.3 is 20.9 Å². The Bertz CT molecular complexity index is 1080. The van der Waals surface area contributed by atoms with Gasteiger partial charge in [-0.25, -0.2) is 9.97 Å². The zero-order valence-electron chi connectivity index (χ0n) is 26.7. The Kier molecular flexibility index (Phi) is 16.2. The molecule has 1 aromatic heterocycles. The first-order chi connectivity index (χ1) is 20.6. The van der Waals surface area contributed by atoms with Crippen LogP contribution in [0.3, 0.4) is 0 Å². The predicted molar refractivity (Wildman–Crippen MR) is 181 cm³/mol. The molecule has 2 aromatic carbocycles. The summed E-state index contributed by atoms with van der Waals surface area (Å²) < 4.78 is 12.6. The second kappa shape index (κ2) is 20.2. The van der Waals surface area contributed by atoms with Gasteiger partial charge in [0, 0.05) is 12.1 Å². The Morgan fingerprint density at radius 1 is 0.429 bits per heavy atom. The maximum atomic E-state index is 6.29. The molecule has 6 nitrogen and oxygen atoms in total. The van der Waals surface area contributed by atoms with Crippen LogP contribution in [-0.2, 0) is 0 Å². The van der Waals surface area contributed by atoms with Crippen molar-refractivity contribution in [3.63, 3.8) is 0 Å². The lowest BCUT2D eigenvalue weighted by molar-refractivity contribution is 0.259. The molecule has 0 unspecified atom stereocenters. The number of unbranched alkanes of at least 4 members (excludes halogenated alkanes) is 18. The van der Waals surface area contributed by atoms with Gasteiger partial charge in [0.15, 0.2) is 11.5 Å². The third kappa shape index (κ3) is 12.2. The van der Waals surface area contributed by atoms with Crippen molar-refractivity contribution < 1.29 is 9.47 Å². The Hall–Kier alpha value is -2.76. The van der Waals surface area contributed by atoms with Crippen LogP contribution in [0.5, 0.6) is 11.5 Å². The van der Waals surface area contributed by atoms with Crippen molar-refractivity contribution in [2.75, 3.05) is 24.7 Å². The van der Waals surface area contributed by atoms with Crippen molar-refractivity contribution in [3.8, 4) is 11.5 Å². The van der Waals surface area contributed by atoms with Crippen LogP contribution < -0.4 is 20.9 Å². The predicted octanol–water partition coefficient (Wildman–Crippen LogP) is 10.5. The van der Waals surface area contributed by atoms with Crippen molar-refractivity contribution >= 4 is 33.4 Å². The molecule has 0 radical (unpaired) electrons. The number of nitrogens with zero attached hydrogens (tertiary/aromatic N) is 2. The number of hydrogen-bond acceptors (Lipinski definition) is 6. The zero-order chi connectivity index (χ0) is 29.8. The molecule has 0 aliphatic rings. The number of nitrogens with two attached hydrogens (primary N) is 2. The van der Waals surface area contributed by atoms with Gasteiger partial charge in [0.1, 0.15) is 0 Å². The second-order valence-electron chi connectivity index (χ2n) is 12.0. The number of ether oxygens (including phenoxy) is 2. The summed E-state index contributed by atoms with van der Waals surface area (Å²) in [7, 11) is 0. The minimum atomic E-state index is 0.519. The summed E-state index contributed by atoms with van der Waals surface area (Å²) in [5, 5.41) is 0. The first-order valence-corrected chi connectivity index (χ1v) is 17.2. The Labute approximate surface area is 255 Å². The maximum absolute atomic E-state index is 6.29. The first kappa shape index (κ1) is 33.7. The molecule has 0 fully saturated rings. The summed E-state index contributed by atoms with van der Waals surface area (Å²) in [6.45, 7) is 5.91. The van der Waals surface area contributed by atoms with Crippen molar-refractivity contribution in [2.24, 2.45) is 0 Å². The van der Waals surface area contributed by atoms with E-state index in [0.29, 0.717) is 24.6 Å². The smallest absolute Gasteiger partial charge is 0.163 e. The fourth-order valence-electron chi connectivity index (χ4n) is 5.53. The topological polar surface area (TPSA) is 96.3 Å². The number of benzene rings is 2. The van der Waals surface area contributed by atoms with Gasteiger partial charge in [-0.1, -0.05) is 129 Å². The van der Waals surface area contributed by atoms with Gasteiger partial charge in [-0.3, -0.25) is 0 Å². The number of rotatable bonds is 24. The molecule has 0 aliphatic carbocycles. The van der Waals surface area contributed by atoms with Gasteiger partial charge >= 0.3 is 0 Å². The molecule has 1 heterocycles. The van der Waals surface area contributed by atoms with Crippen molar-refractivity contribution in [1.82, 2.24) is 9.97 Å². The average molecular weight is 579 g/mol. The van der Waals surface area contributed by atoms with E-state index in [1.54, 1.807) is 12.1 Å². The molecule has 234 valence electrons. The normalized spacial score (nSPS) is 11.5. The van der Waals surface area contributed by atoms with Gasteiger partial charge in [0.25, 0.3) is 0 Å². The van der Waals surface area contributed by atoms with Gasteiger partial charge in [0.2, 0.25) is 0 Å². The quantitative estimate of drug-likeness (QED) is 0.0623. The second-order valence-corrected chi connectivity index (χ2v) is 12.0. The standard InChI is InChI=1S/C36H58N4O2/c1-3-5-7-9-11-13-15-17-19-21-23-41-35-27-33-34(40-32-26-30(38)29(37)25-31(32)39-33)28-36(35)42-24-22-20-18-16-14-12-10-8-6-4-2/h25-28H,3-24,37-38H2,1-2H3. The first-order valence-electron chi connectivity index (χ1n) is 17.2. The largest absolute Gasteiger partial charge is 0.490 e. The lowest BCUT2D eigenvalue weighted by atomic mass is 10.1. The summed E-state index contributed by atoms with van der Waals surface area (Å²) in [5.41, 5.74) is 16.1. The van der Waals surface area contributed by atoms with E-state index >= 15 is 0 Å². The Morgan fingerprint density at radius 2 is 0.714 bits per heavy atom. The maximum Gasteiger partial charge on any atom is 0.163 e. The molecule has 6 heteroatoms. The molecule has 3 rings (SSSR count). The van der Waals surface area contributed by atoms with E-state index in [1.807, 2.05) is 12.1 Å². The van der Waals surface area contributed by atoms with Gasteiger partial charge in [-0.2, -0.15) is 0 Å². The third-order valence-corrected chi connectivity index (χ3v) is 8.21. The molecule has 4 N–H and O–H groups in total. The molecule has 0 amide bonds. The van der Waals surface area contributed by atoms with Crippen LogP contribution in [0.25, 0.3) is 22.1 Å². The number of aromatic nitrogens is 2. The van der Waals surface area contributed by atoms with Crippen LogP contribution >= 0.6 is 0 Å². The molecule has 0 aliphatic heterocycles. The van der Waals surface area contributed by atoms with Gasteiger partial charge in [-0.15, -0.1) is 0 Å². The fourth-order valence-corrected chi connectivity index (χ4v) is 5.53.